The van der Waals surface area contributed by atoms with E-state index in [1.54, 1.807) is 25.4 Å². The van der Waals surface area contributed by atoms with Crippen LogP contribution in [-0.4, -0.2) is 32.0 Å². The summed E-state index contributed by atoms with van der Waals surface area (Å²) >= 11 is 1.30. The number of pyridine rings is 1. The van der Waals surface area contributed by atoms with Crippen LogP contribution < -0.4 is 9.88 Å². The monoisotopic (exact) mass is 248 g/mol. The van der Waals surface area contributed by atoms with Crippen molar-refractivity contribution in [3.8, 4) is 5.75 Å². The Morgan fingerprint density at radius 2 is 2.33 bits per heavy atom. The van der Waals surface area contributed by atoms with E-state index in [0.29, 0.717) is 16.5 Å². The number of methoxy groups -OCH3 is 1. The van der Waals surface area contributed by atoms with Crippen molar-refractivity contribution in [1.29, 1.82) is 0 Å². The Bertz CT molecular complexity index is 420. The maximum absolute atomic E-state index is 10.7. The molecule has 0 fully saturated rings. The Kier molecular flexibility index (Phi) is 4.37. The summed E-state index contributed by atoms with van der Waals surface area (Å²) < 4.78 is 26.4. The second-order valence-electron chi connectivity index (χ2n) is 2.73. The topological polar surface area (TPSA) is 82.3 Å². The van der Waals surface area contributed by atoms with Crippen molar-refractivity contribution < 1.29 is 13.2 Å². The fraction of sp³-hybridized carbons (Fsp3) is 0.375. The second-order valence-corrected chi connectivity index (χ2v) is 5.54. The molecule has 2 N–H and O–H groups in total. The molecule has 0 saturated carbocycles. The number of hydrogen-bond acceptors (Lipinski definition) is 5. The summed E-state index contributed by atoms with van der Waals surface area (Å²) in [5.41, 5.74) is 0. The highest BCUT2D eigenvalue weighted by Crippen LogP contribution is 2.25. The maximum atomic E-state index is 10.7. The van der Waals surface area contributed by atoms with E-state index < -0.39 is 10.0 Å². The van der Waals surface area contributed by atoms with Crippen LogP contribution in [0.3, 0.4) is 0 Å². The fourth-order valence-corrected chi connectivity index (χ4v) is 2.78. The number of aromatic nitrogens is 1. The van der Waals surface area contributed by atoms with Gasteiger partial charge >= 0.3 is 0 Å². The van der Waals surface area contributed by atoms with Gasteiger partial charge in [-0.15, -0.1) is 11.8 Å². The Morgan fingerprint density at radius 1 is 1.60 bits per heavy atom. The van der Waals surface area contributed by atoms with Crippen molar-refractivity contribution in [2.75, 3.05) is 18.6 Å². The first-order valence-electron chi connectivity index (χ1n) is 4.15. The third-order valence-corrected chi connectivity index (χ3v) is 3.58. The summed E-state index contributed by atoms with van der Waals surface area (Å²) in [6, 6.07) is 3.52. The Morgan fingerprint density at radius 3 is 2.93 bits per heavy atom. The summed E-state index contributed by atoms with van der Waals surface area (Å²) in [6.07, 6.45) is 1.63. The molecule has 0 spiro atoms. The van der Waals surface area contributed by atoms with E-state index in [1.165, 1.54) is 11.8 Å². The van der Waals surface area contributed by atoms with E-state index in [4.69, 9.17) is 9.88 Å². The summed E-state index contributed by atoms with van der Waals surface area (Å²) in [5.74, 6) is 0.931. The minimum Gasteiger partial charge on any atom is -0.494 e. The van der Waals surface area contributed by atoms with Crippen LogP contribution in [-0.2, 0) is 10.0 Å². The SMILES string of the molecule is COc1cccnc1SCCS(N)(=O)=O. The lowest BCUT2D eigenvalue weighted by molar-refractivity contribution is 0.401. The summed E-state index contributed by atoms with van der Waals surface area (Å²) in [4.78, 5) is 4.07. The number of nitrogens with zero attached hydrogens (tertiary/aromatic N) is 1. The second kappa shape index (κ2) is 5.34. The third kappa shape index (κ3) is 4.50. The van der Waals surface area contributed by atoms with Crippen molar-refractivity contribution in [3.05, 3.63) is 18.3 Å². The van der Waals surface area contributed by atoms with Gasteiger partial charge in [-0.1, -0.05) is 0 Å². The first kappa shape index (κ1) is 12.3. The molecule has 1 rings (SSSR count). The van der Waals surface area contributed by atoms with E-state index in [2.05, 4.69) is 4.98 Å². The molecule has 0 radical (unpaired) electrons. The van der Waals surface area contributed by atoms with E-state index >= 15 is 0 Å². The fourth-order valence-electron chi connectivity index (χ4n) is 0.894. The first-order chi connectivity index (χ1) is 7.03. The average molecular weight is 248 g/mol. The lowest BCUT2D eigenvalue weighted by Crippen LogP contribution is -2.17. The molecule has 15 heavy (non-hydrogen) atoms. The molecular formula is C8H12N2O3S2. The van der Waals surface area contributed by atoms with Crippen molar-refractivity contribution >= 4 is 21.8 Å². The Balaban J connectivity index is 2.58. The van der Waals surface area contributed by atoms with Crippen LogP contribution in [0.15, 0.2) is 23.4 Å². The number of sulfonamides is 1. The van der Waals surface area contributed by atoms with Crippen LogP contribution in [0.2, 0.25) is 0 Å². The molecule has 0 saturated heterocycles. The van der Waals surface area contributed by atoms with Gasteiger partial charge in [0.25, 0.3) is 0 Å². The molecule has 1 heterocycles. The smallest absolute Gasteiger partial charge is 0.209 e. The van der Waals surface area contributed by atoms with Gasteiger partial charge < -0.3 is 4.74 Å². The minimum absolute atomic E-state index is 0.0720. The predicted molar refractivity (Wildman–Crippen MR) is 59.5 cm³/mol. The molecule has 0 aliphatic carbocycles. The van der Waals surface area contributed by atoms with Gasteiger partial charge in [-0.2, -0.15) is 0 Å². The van der Waals surface area contributed by atoms with Crippen LogP contribution in [0.4, 0.5) is 0 Å². The molecule has 0 aliphatic rings. The molecule has 1 aromatic heterocycles. The van der Waals surface area contributed by atoms with Gasteiger partial charge in [0.2, 0.25) is 10.0 Å². The molecular weight excluding hydrogens is 236 g/mol. The predicted octanol–water partition coefficient (Wildman–Crippen LogP) is 0.471. The average Bonchev–Trinajstić information content (AvgIpc) is 2.16. The van der Waals surface area contributed by atoms with Gasteiger partial charge in [0, 0.05) is 11.9 Å². The van der Waals surface area contributed by atoms with Crippen LogP contribution in [0.5, 0.6) is 5.75 Å². The van der Waals surface area contributed by atoms with Crippen LogP contribution in [0, 0.1) is 0 Å². The summed E-state index contributed by atoms with van der Waals surface area (Å²) in [5, 5.41) is 5.55. The normalized spacial score (nSPS) is 11.3. The molecule has 0 aromatic carbocycles. The highest BCUT2D eigenvalue weighted by molar-refractivity contribution is 8.00. The number of primary sulfonamides is 1. The zero-order valence-corrected chi connectivity index (χ0v) is 9.85. The van der Waals surface area contributed by atoms with Crippen molar-refractivity contribution in [1.82, 2.24) is 4.98 Å². The van der Waals surface area contributed by atoms with E-state index in [1.807, 2.05) is 0 Å². The quantitative estimate of drug-likeness (QED) is 0.766. The molecule has 0 aliphatic heterocycles. The zero-order valence-electron chi connectivity index (χ0n) is 8.21. The minimum atomic E-state index is -3.40. The van der Waals surface area contributed by atoms with Crippen LogP contribution in [0.1, 0.15) is 0 Å². The molecule has 0 amide bonds. The van der Waals surface area contributed by atoms with Crippen molar-refractivity contribution in [2.45, 2.75) is 5.03 Å². The molecule has 7 heteroatoms. The highest BCUT2D eigenvalue weighted by atomic mass is 32.2. The number of rotatable bonds is 5. The summed E-state index contributed by atoms with van der Waals surface area (Å²) in [7, 11) is -1.86. The standard InChI is InChI=1S/C8H12N2O3S2/c1-13-7-3-2-4-10-8(7)14-5-6-15(9,11)12/h2-4H,5-6H2,1H3,(H2,9,11,12). The lowest BCUT2D eigenvalue weighted by atomic mass is 10.5. The van der Waals surface area contributed by atoms with Gasteiger partial charge in [0.05, 0.1) is 12.9 Å². The molecule has 0 unspecified atom stereocenters. The van der Waals surface area contributed by atoms with Gasteiger partial charge in [-0.25, -0.2) is 18.5 Å². The Hall–Kier alpha value is -0.790. The van der Waals surface area contributed by atoms with E-state index in [-0.39, 0.29) is 5.75 Å². The number of nitrogens with two attached hydrogens (primary N) is 1. The number of ether oxygens (including phenoxy) is 1. The van der Waals surface area contributed by atoms with E-state index in [0.717, 1.165) is 0 Å². The molecule has 1 aromatic rings. The lowest BCUT2D eigenvalue weighted by Gasteiger charge is -2.05. The largest absolute Gasteiger partial charge is 0.494 e. The van der Waals surface area contributed by atoms with Gasteiger partial charge in [-0.05, 0) is 12.1 Å². The molecule has 84 valence electrons. The van der Waals surface area contributed by atoms with Crippen molar-refractivity contribution in [3.63, 3.8) is 0 Å². The first-order valence-corrected chi connectivity index (χ1v) is 6.85. The third-order valence-electron chi connectivity index (χ3n) is 1.56. The maximum Gasteiger partial charge on any atom is 0.209 e. The van der Waals surface area contributed by atoms with Gasteiger partial charge in [0.15, 0.2) is 5.75 Å². The highest BCUT2D eigenvalue weighted by Gasteiger charge is 2.07. The van der Waals surface area contributed by atoms with E-state index in [9.17, 15) is 8.42 Å². The zero-order chi connectivity index (χ0) is 11.3. The molecule has 0 atom stereocenters. The summed E-state index contributed by atoms with van der Waals surface area (Å²) in [6.45, 7) is 0. The van der Waals surface area contributed by atoms with Crippen molar-refractivity contribution in [2.24, 2.45) is 5.14 Å². The van der Waals surface area contributed by atoms with Gasteiger partial charge in [0.1, 0.15) is 5.03 Å². The van der Waals surface area contributed by atoms with Gasteiger partial charge in [-0.3, -0.25) is 0 Å². The van der Waals surface area contributed by atoms with Crippen LogP contribution >= 0.6 is 11.8 Å². The number of hydrogen-bond donors (Lipinski definition) is 1. The number of thioether (sulfide) groups is 1. The molecule has 5 nitrogen and oxygen atoms in total. The van der Waals surface area contributed by atoms with Crippen LogP contribution in [0.25, 0.3) is 0 Å². The Labute approximate surface area is 93.1 Å². The molecule has 0 bridgehead atoms.